The number of thiazole rings is 1. The van der Waals surface area contributed by atoms with Gasteiger partial charge in [-0.25, -0.2) is 4.98 Å². The quantitative estimate of drug-likeness (QED) is 0.691. The van der Waals surface area contributed by atoms with E-state index in [1.54, 1.807) is 18.4 Å². The molecule has 0 radical (unpaired) electrons. The number of aryl methyl sites for hydroxylation is 1. The van der Waals surface area contributed by atoms with Gasteiger partial charge in [0.15, 0.2) is 4.96 Å². The molecule has 0 spiro atoms. The minimum atomic E-state index is 0.893. The Balaban J connectivity index is 2.33. The predicted octanol–water partition coefficient (Wildman–Crippen LogP) is 3.38. The molecule has 3 aromatic rings. The van der Waals surface area contributed by atoms with Crippen LogP contribution in [0.5, 0.6) is 5.75 Å². The molecule has 0 saturated heterocycles. The van der Waals surface area contributed by atoms with E-state index in [-0.39, 0.29) is 0 Å². The zero-order chi connectivity index (χ0) is 11.8. The Hall–Kier alpha value is -1.81. The molecule has 0 amide bonds. The van der Waals surface area contributed by atoms with Crippen LogP contribution in [-0.4, -0.2) is 16.5 Å². The van der Waals surface area contributed by atoms with Crippen LogP contribution < -0.4 is 4.74 Å². The summed E-state index contributed by atoms with van der Waals surface area (Å²) in [6.07, 6.45) is 3.81. The minimum absolute atomic E-state index is 0.893. The second kappa shape index (κ2) is 3.89. The lowest BCUT2D eigenvalue weighted by molar-refractivity contribution is 0.416. The van der Waals surface area contributed by atoms with Crippen LogP contribution in [0.3, 0.4) is 0 Å². The van der Waals surface area contributed by atoms with Gasteiger partial charge in [0, 0.05) is 22.8 Å². The van der Waals surface area contributed by atoms with E-state index >= 15 is 0 Å². The van der Waals surface area contributed by atoms with Crippen molar-refractivity contribution in [2.24, 2.45) is 0 Å². The fourth-order valence-electron chi connectivity index (χ4n) is 2.05. The summed E-state index contributed by atoms with van der Waals surface area (Å²) >= 11 is 1.70. The third kappa shape index (κ3) is 1.52. The smallest absolute Gasteiger partial charge is 0.194 e. The highest BCUT2D eigenvalue weighted by Gasteiger charge is 2.14. The summed E-state index contributed by atoms with van der Waals surface area (Å²) in [5.74, 6) is 0.893. The Labute approximate surface area is 103 Å². The first-order valence-corrected chi connectivity index (χ1v) is 6.19. The standard InChI is InChI=1S/C13H12N2OS/c1-9-12(15-8-7-14-13(15)17-9)10-5-3-4-6-11(10)16-2/h3-8H,1-2H3. The van der Waals surface area contributed by atoms with Crippen LogP contribution in [0.4, 0.5) is 0 Å². The van der Waals surface area contributed by atoms with E-state index in [0.29, 0.717) is 0 Å². The number of imidazole rings is 1. The van der Waals surface area contributed by atoms with Gasteiger partial charge in [-0.1, -0.05) is 12.1 Å². The molecular weight excluding hydrogens is 232 g/mol. The van der Waals surface area contributed by atoms with Crippen molar-refractivity contribution >= 4 is 16.3 Å². The van der Waals surface area contributed by atoms with E-state index in [1.807, 2.05) is 30.6 Å². The second-order valence-electron chi connectivity index (χ2n) is 3.79. The van der Waals surface area contributed by atoms with Crippen molar-refractivity contribution in [3.05, 3.63) is 41.5 Å². The maximum atomic E-state index is 5.42. The van der Waals surface area contributed by atoms with Crippen molar-refractivity contribution < 1.29 is 4.74 Å². The lowest BCUT2D eigenvalue weighted by Crippen LogP contribution is -1.91. The number of aromatic nitrogens is 2. The number of para-hydroxylation sites is 1. The Morgan fingerprint density at radius 1 is 1.29 bits per heavy atom. The SMILES string of the molecule is COc1ccccc1-c1c(C)sc2nccn12. The number of rotatable bonds is 2. The molecule has 1 aromatic carbocycles. The molecule has 3 rings (SSSR count). The van der Waals surface area contributed by atoms with Crippen molar-refractivity contribution in [3.63, 3.8) is 0 Å². The number of nitrogens with zero attached hydrogens (tertiary/aromatic N) is 2. The lowest BCUT2D eigenvalue weighted by atomic mass is 10.1. The van der Waals surface area contributed by atoms with Gasteiger partial charge in [0.2, 0.25) is 0 Å². The number of benzene rings is 1. The molecule has 4 heteroatoms. The molecule has 86 valence electrons. The van der Waals surface area contributed by atoms with E-state index in [4.69, 9.17) is 4.74 Å². The molecule has 2 aromatic heterocycles. The Morgan fingerprint density at radius 3 is 2.94 bits per heavy atom. The number of ether oxygens (including phenoxy) is 1. The zero-order valence-corrected chi connectivity index (χ0v) is 10.5. The molecule has 0 aliphatic carbocycles. The lowest BCUT2D eigenvalue weighted by Gasteiger charge is -2.08. The van der Waals surface area contributed by atoms with Crippen LogP contribution in [0, 0.1) is 6.92 Å². The molecule has 0 aliphatic heterocycles. The average molecular weight is 244 g/mol. The van der Waals surface area contributed by atoms with Gasteiger partial charge in [-0.15, -0.1) is 11.3 Å². The third-order valence-electron chi connectivity index (χ3n) is 2.79. The van der Waals surface area contributed by atoms with Gasteiger partial charge in [-0.05, 0) is 19.1 Å². The third-order valence-corrected chi connectivity index (χ3v) is 3.77. The Kier molecular flexibility index (Phi) is 2.37. The first-order valence-electron chi connectivity index (χ1n) is 5.37. The molecule has 0 unspecified atom stereocenters. The number of fused-ring (bicyclic) bond motifs is 1. The molecule has 0 fully saturated rings. The molecule has 0 saturated carbocycles. The van der Waals surface area contributed by atoms with Crippen LogP contribution in [0.2, 0.25) is 0 Å². The Bertz CT molecular complexity index is 669. The van der Waals surface area contributed by atoms with Crippen molar-refractivity contribution in [1.29, 1.82) is 0 Å². The van der Waals surface area contributed by atoms with E-state index in [9.17, 15) is 0 Å². The summed E-state index contributed by atoms with van der Waals surface area (Å²) in [6, 6.07) is 8.06. The fraction of sp³-hybridized carbons (Fsp3) is 0.154. The summed E-state index contributed by atoms with van der Waals surface area (Å²) in [5, 5.41) is 0. The monoisotopic (exact) mass is 244 g/mol. The first-order chi connectivity index (χ1) is 8.31. The predicted molar refractivity (Wildman–Crippen MR) is 69.8 cm³/mol. The van der Waals surface area contributed by atoms with Crippen molar-refractivity contribution in [3.8, 4) is 17.0 Å². The summed E-state index contributed by atoms with van der Waals surface area (Å²) in [6.45, 7) is 2.11. The number of hydrogen-bond acceptors (Lipinski definition) is 3. The average Bonchev–Trinajstić information content (AvgIpc) is 2.89. The molecule has 0 N–H and O–H groups in total. The largest absolute Gasteiger partial charge is 0.496 e. The van der Waals surface area contributed by atoms with Gasteiger partial charge in [0.1, 0.15) is 5.75 Å². The van der Waals surface area contributed by atoms with Gasteiger partial charge >= 0.3 is 0 Å². The molecule has 2 heterocycles. The summed E-state index contributed by atoms with van der Waals surface area (Å²) in [4.78, 5) is 6.59. The summed E-state index contributed by atoms with van der Waals surface area (Å²) in [5.41, 5.74) is 2.27. The molecular formula is C13H12N2OS. The van der Waals surface area contributed by atoms with E-state index in [1.165, 1.54) is 10.6 Å². The van der Waals surface area contributed by atoms with Gasteiger partial charge in [-0.2, -0.15) is 0 Å². The van der Waals surface area contributed by atoms with Crippen LogP contribution in [-0.2, 0) is 0 Å². The Morgan fingerprint density at radius 2 is 2.12 bits per heavy atom. The van der Waals surface area contributed by atoms with Crippen LogP contribution >= 0.6 is 11.3 Å². The molecule has 3 nitrogen and oxygen atoms in total. The van der Waals surface area contributed by atoms with E-state index < -0.39 is 0 Å². The highest BCUT2D eigenvalue weighted by molar-refractivity contribution is 7.17. The first kappa shape index (κ1) is 10.4. The highest BCUT2D eigenvalue weighted by Crippen LogP contribution is 2.35. The van der Waals surface area contributed by atoms with Crippen LogP contribution in [0.25, 0.3) is 16.2 Å². The number of methoxy groups -OCH3 is 1. The summed E-state index contributed by atoms with van der Waals surface area (Å²) < 4.78 is 7.53. The summed E-state index contributed by atoms with van der Waals surface area (Å²) in [7, 11) is 1.70. The normalized spacial score (nSPS) is 10.9. The fourth-order valence-corrected chi connectivity index (χ4v) is 2.99. The van der Waals surface area contributed by atoms with Gasteiger partial charge < -0.3 is 4.74 Å². The number of hydrogen-bond donors (Lipinski definition) is 0. The topological polar surface area (TPSA) is 26.5 Å². The highest BCUT2D eigenvalue weighted by atomic mass is 32.1. The minimum Gasteiger partial charge on any atom is -0.496 e. The molecule has 0 aliphatic rings. The molecule has 0 bridgehead atoms. The van der Waals surface area contributed by atoms with Gasteiger partial charge in [0.05, 0.1) is 12.8 Å². The van der Waals surface area contributed by atoms with E-state index in [0.717, 1.165) is 16.3 Å². The molecule has 0 atom stereocenters. The maximum Gasteiger partial charge on any atom is 0.194 e. The van der Waals surface area contributed by atoms with E-state index in [2.05, 4.69) is 22.4 Å². The van der Waals surface area contributed by atoms with Gasteiger partial charge in [0.25, 0.3) is 0 Å². The van der Waals surface area contributed by atoms with Crippen LogP contribution in [0.1, 0.15) is 4.88 Å². The zero-order valence-electron chi connectivity index (χ0n) is 9.68. The van der Waals surface area contributed by atoms with Gasteiger partial charge in [-0.3, -0.25) is 4.40 Å². The van der Waals surface area contributed by atoms with Crippen molar-refractivity contribution in [2.45, 2.75) is 6.92 Å². The van der Waals surface area contributed by atoms with Crippen molar-refractivity contribution in [2.75, 3.05) is 7.11 Å². The second-order valence-corrected chi connectivity index (χ2v) is 4.97. The van der Waals surface area contributed by atoms with Crippen molar-refractivity contribution in [1.82, 2.24) is 9.38 Å². The van der Waals surface area contributed by atoms with Crippen LogP contribution in [0.15, 0.2) is 36.7 Å². The molecule has 17 heavy (non-hydrogen) atoms. The maximum absolute atomic E-state index is 5.42.